The van der Waals surface area contributed by atoms with E-state index in [0.29, 0.717) is 28.9 Å². The van der Waals surface area contributed by atoms with Gasteiger partial charge in [0.1, 0.15) is 5.52 Å². The normalized spacial score (nSPS) is 10.2. The van der Waals surface area contributed by atoms with Crippen molar-refractivity contribution in [2.45, 2.75) is 0 Å². The number of aromatic amines is 1. The summed E-state index contributed by atoms with van der Waals surface area (Å²) in [4.78, 5) is 22.4. The Morgan fingerprint density at radius 2 is 1.86 bits per heavy atom. The standard InChI is InChI=1S/C14H12N6O2/c21-8-15-17-11-4-2-10(3-5-11)16-14(22)9-1-6-12-13(7-9)19-20-18-12/h1-8,17H,(H,15,21)(H,16,22)(H,18,19,20). The fourth-order valence-corrected chi connectivity index (χ4v) is 1.94. The minimum absolute atomic E-state index is 0.239. The monoisotopic (exact) mass is 296 g/mol. The number of aromatic nitrogens is 3. The van der Waals surface area contributed by atoms with Gasteiger partial charge in [0, 0.05) is 11.3 Å². The summed E-state index contributed by atoms with van der Waals surface area (Å²) >= 11 is 0. The van der Waals surface area contributed by atoms with Gasteiger partial charge in [0.05, 0.1) is 11.2 Å². The number of anilines is 2. The molecule has 3 rings (SSSR count). The second-order valence-corrected chi connectivity index (χ2v) is 4.46. The molecule has 0 aliphatic carbocycles. The molecular formula is C14H12N6O2. The lowest BCUT2D eigenvalue weighted by atomic mass is 10.2. The van der Waals surface area contributed by atoms with E-state index < -0.39 is 0 Å². The number of rotatable bonds is 5. The van der Waals surface area contributed by atoms with Gasteiger partial charge in [0.15, 0.2) is 0 Å². The molecule has 0 aliphatic rings. The average Bonchev–Trinajstić information content (AvgIpc) is 3.01. The minimum Gasteiger partial charge on any atom is -0.322 e. The first-order valence-electron chi connectivity index (χ1n) is 6.44. The number of nitrogens with one attached hydrogen (secondary N) is 4. The molecule has 0 saturated carbocycles. The van der Waals surface area contributed by atoms with Crippen molar-refractivity contribution >= 4 is 34.7 Å². The molecule has 8 heteroatoms. The van der Waals surface area contributed by atoms with Crippen LogP contribution in [0.1, 0.15) is 10.4 Å². The predicted molar refractivity (Wildman–Crippen MR) is 81.1 cm³/mol. The molecule has 0 unspecified atom stereocenters. The predicted octanol–water partition coefficient (Wildman–Crippen LogP) is 1.28. The smallest absolute Gasteiger partial charge is 0.255 e. The van der Waals surface area contributed by atoms with Gasteiger partial charge in [-0.3, -0.25) is 25.5 Å². The Kier molecular flexibility index (Phi) is 3.65. The Bertz CT molecular complexity index is 812. The molecule has 4 N–H and O–H groups in total. The van der Waals surface area contributed by atoms with Gasteiger partial charge in [0.25, 0.3) is 5.91 Å². The maximum Gasteiger partial charge on any atom is 0.255 e. The van der Waals surface area contributed by atoms with Crippen LogP contribution in [0.4, 0.5) is 11.4 Å². The number of amides is 2. The number of hydrogen-bond acceptors (Lipinski definition) is 5. The van der Waals surface area contributed by atoms with Crippen LogP contribution in [0.25, 0.3) is 11.0 Å². The second kappa shape index (κ2) is 5.92. The first-order chi connectivity index (χ1) is 10.8. The lowest BCUT2D eigenvalue weighted by molar-refractivity contribution is -0.109. The number of benzene rings is 2. The fraction of sp³-hybridized carbons (Fsp3) is 0. The summed E-state index contributed by atoms with van der Waals surface area (Å²) in [5.41, 5.74) is 8.25. The fourth-order valence-electron chi connectivity index (χ4n) is 1.94. The number of nitrogens with zero attached hydrogens (tertiary/aromatic N) is 2. The van der Waals surface area contributed by atoms with Gasteiger partial charge >= 0.3 is 0 Å². The van der Waals surface area contributed by atoms with Crippen molar-refractivity contribution in [2.24, 2.45) is 0 Å². The summed E-state index contributed by atoms with van der Waals surface area (Å²) < 4.78 is 0. The van der Waals surface area contributed by atoms with Gasteiger partial charge in [-0.05, 0) is 42.5 Å². The molecule has 3 aromatic rings. The zero-order valence-electron chi connectivity index (χ0n) is 11.3. The summed E-state index contributed by atoms with van der Waals surface area (Å²) in [7, 11) is 0. The molecule has 110 valence electrons. The Morgan fingerprint density at radius 1 is 1.09 bits per heavy atom. The maximum atomic E-state index is 12.2. The van der Waals surface area contributed by atoms with Crippen LogP contribution in [0.2, 0.25) is 0 Å². The largest absolute Gasteiger partial charge is 0.322 e. The number of carbonyl (C=O) groups is 2. The van der Waals surface area contributed by atoms with E-state index in [-0.39, 0.29) is 5.91 Å². The van der Waals surface area contributed by atoms with Crippen molar-refractivity contribution in [3.63, 3.8) is 0 Å². The van der Waals surface area contributed by atoms with Gasteiger partial charge in [-0.2, -0.15) is 0 Å². The van der Waals surface area contributed by atoms with E-state index in [0.717, 1.165) is 5.52 Å². The summed E-state index contributed by atoms with van der Waals surface area (Å²) in [5, 5.41) is 13.1. The molecule has 1 aromatic heterocycles. The van der Waals surface area contributed by atoms with Crippen molar-refractivity contribution in [1.29, 1.82) is 0 Å². The van der Waals surface area contributed by atoms with Crippen molar-refractivity contribution in [2.75, 3.05) is 10.7 Å². The third-order valence-electron chi connectivity index (χ3n) is 3.01. The molecule has 0 fully saturated rings. The zero-order valence-corrected chi connectivity index (χ0v) is 11.3. The number of hydrazine groups is 1. The molecular weight excluding hydrogens is 284 g/mol. The Hall–Kier alpha value is -3.42. The van der Waals surface area contributed by atoms with E-state index in [1.165, 1.54) is 0 Å². The highest BCUT2D eigenvalue weighted by molar-refractivity contribution is 6.05. The number of carbonyl (C=O) groups excluding carboxylic acids is 2. The van der Waals surface area contributed by atoms with Gasteiger partial charge in [-0.1, -0.05) is 5.21 Å². The van der Waals surface area contributed by atoms with Crippen LogP contribution in [-0.2, 0) is 4.79 Å². The molecule has 0 radical (unpaired) electrons. The molecule has 0 saturated heterocycles. The summed E-state index contributed by atoms with van der Waals surface area (Å²) in [6.45, 7) is 0. The average molecular weight is 296 g/mol. The number of H-pyrrole nitrogens is 1. The van der Waals surface area contributed by atoms with Crippen LogP contribution in [0.15, 0.2) is 42.5 Å². The third kappa shape index (κ3) is 2.85. The van der Waals surface area contributed by atoms with Crippen molar-refractivity contribution in [1.82, 2.24) is 20.8 Å². The SMILES string of the molecule is O=CNNc1ccc(NC(=O)c2ccc3[nH]nnc3c2)cc1. The van der Waals surface area contributed by atoms with Gasteiger partial charge in [-0.15, -0.1) is 5.10 Å². The van der Waals surface area contributed by atoms with E-state index in [1.807, 2.05) is 0 Å². The quantitative estimate of drug-likeness (QED) is 0.418. The van der Waals surface area contributed by atoms with Crippen LogP contribution in [0, 0.1) is 0 Å². The number of fused-ring (bicyclic) bond motifs is 1. The van der Waals surface area contributed by atoms with E-state index in [9.17, 15) is 9.59 Å². The summed E-state index contributed by atoms with van der Waals surface area (Å²) in [6.07, 6.45) is 0.537. The van der Waals surface area contributed by atoms with Crippen LogP contribution in [0.3, 0.4) is 0 Å². The van der Waals surface area contributed by atoms with Crippen LogP contribution in [-0.4, -0.2) is 27.7 Å². The van der Waals surface area contributed by atoms with E-state index in [2.05, 4.69) is 31.6 Å². The summed E-state index contributed by atoms with van der Waals surface area (Å²) in [5.74, 6) is -0.239. The molecule has 1 heterocycles. The Morgan fingerprint density at radius 3 is 2.64 bits per heavy atom. The van der Waals surface area contributed by atoms with Gasteiger partial charge in [-0.25, -0.2) is 0 Å². The van der Waals surface area contributed by atoms with Crippen LogP contribution < -0.4 is 16.2 Å². The minimum atomic E-state index is -0.239. The molecule has 8 nitrogen and oxygen atoms in total. The lowest BCUT2D eigenvalue weighted by Crippen LogP contribution is -2.18. The highest BCUT2D eigenvalue weighted by atomic mass is 16.1. The van der Waals surface area contributed by atoms with Gasteiger partial charge in [0.2, 0.25) is 6.41 Å². The Labute approximate surface area is 124 Å². The Balaban J connectivity index is 1.71. The molecule has 0 atom stereocenters. The highest BCUT2D eigenvalue weighted by Crippen LogP contribution is 2.15. The van der Waals surface area contributed by atoms with E-state index in [4.69, 9.17) is 0 Å². The van der Waals surface area contributed by atoms with E-state index in [1.54, 1.807) is 42.5 Å². The molecule has 0 aliphatic heterocycles. The molecule has 2 amide bonds. The molecule has 22 heavy (non-hydrogen) atoms. The highest BCUT2D eigenvalue weighted by Gasteiger charge is 2.08. The first-order valence-corrected chi connectivity index (χ1v) is 6.44. The van der Waals surface area contributed by atoms with Gasteiger partial charge < -0.3 is 5.32 Å². The third-order valence-corrected chi connectivity index (χ3v) is 3.01. The lowest BCUT2D eigenvalue weighted by Gasteiger charge is -2.07. The molecule has 0 spiro atoms. The summed E-state index contributed by atoms with van der Waals surface area (Å²) in [6, 6.07) is 12.0. The molecule has 2 aromatic carbocycles. The van der Waals surface area contributed by atoms with Crippen molar-refractivity contribution in [3.05, 3.63) is 48.0 Å². The zero-order chi connectivity index (χ0) is 15.4. The van der Waals surface area contributed by atoms with Crippen molar-refractivity contribution in [3.8, 4) is 0 Å². The van der Waals surface area contributed by atoms with Crippen molar-refractivity contribution < 1.29 is 9.59 Å². The first kappa shape index (κ1) is 13.6. The topological polar surface area (TPSA) is 112 Å². The van der Waals surface area contributed by atoms with Crippen LogP contribution >= 0.6 is 0 Å². The molecule has 0 bridgehead atoms. The van der Waals surface area contributed by atoms with E-state index >= 15 is 0 Å². The van der Waals surface area contributed by atoms with Crippen LogP contribution in [0.5, 0.6) is 0 Å². The maximum absolute atomic E-state index is 12.2. The second-order valence-electron chi connectivity index (χ2n) is 4.46. The number of hydrogen-bond donors (Lipinski definition) is 4.